The Labute approximate surface area is 158 Å². The predicted octanol–water partition coefficient (Wildman–Crippen LogP) is 3.36. The summed E-state index contributed by atoms with van der Waals surface area (Å²) in [6.45, 7) is 4.33. The fourth-order valence-corrected chi connectivity index (χ4v) is 5.51. The number of amides is 1. The van der Waals surface area contributed by atoms with Crippen LogP contribution in [0.2, 0.25) is 0 Å². The lowest BCUT2D eigenvalue weighted by molar-refractivity contribution is 0.0683. The van der Waals surface area contributed by atoms with E-state index in [1.54, 1.807) is 40.5 Å². The van der Waals surface area contributed by atoms with E-state index in [0.717, 1.165) is 4.88 Å². The molecule has 2 heterocycles. The molecule has 0 radical (unpaired) electrons. The molecule has 7 heteroatoms. The maximum Gasteiger partial charge on any atom is 0.254 e. The van der Waals surface area contributed by atoms with Gasteiger partial charge in [0.2, 0.25) is 0 Å². The molecular weight excluding hydrogens is 370 g/mol. The number of sulfone groups is 1. The number of hydrogen-bond acceptors (Lipinski definition) is 5. The van der Waals surface area contributed by atoms with Crippen molar-refractivity contribution in [2.45, 2.75) is 39.0 Å². The second-order valence-corrected chi connectivity index (χ2v) is 10.0. The number of carbonyl (C=O) groups is 1. The van der Waals surface area contributed by atoms with Gasteiger partial charge in [-0.1, -0.05) is 6.07 Å². The van der Waals surface area contributed by atoms with Crippen LogP contribution < -0.4 is 4.74 Å². The molecular formula is C19H23NO4S2. The van der Waals surface area contributed by atoms with Gasteiger partial charge in [0.1, 0.15) is 5.75 Å². The molecule has 1 saturated heterocycles. The highest BCUT2D eigenvalue weighted by Crippen LogP contribution is 2.24. The topological polar surface area (TPSA) is 63.7 Å². The fraction of sp³-hybridized carbons (Fsp3) is 0.421. The predicted molar refractivity (Wildman–Crippen MR) is 103 cm³/mol. The van der Waals surface area contributed by atoms with Gasteiger partial charge in [-0.2, -0.15) is 0 Å². The third-order valence-corrected chi connectivity index (χ3v) is 6.90. The third kappa shape index (κ3) is 4.65. The number of hydrogen-bond donors (Lipinski definition) is 0. The van der Waals surface area contributed by atoms with Crippen molar-refractivity contribution in [3.8, 4) is 5.75 Å². The summed E-state index contributed by atoms with van der Waals surface area (Å²) < 4.78 is 29.4. The third-order valence-electron chi connectivity index (χ3n) is 4.29. The quantitative estimate of drug-likeness (QED) is 0.755. The van der Waals surface area contributed by atoms with Gasteiger partial charge in [-0.3, -0.25) is 4.79 Å². The van der Waals surface area contributed by atoms with Gasteiger partial charge in [-0.25, -0.2) is 8.42 Å². The molecule has 1 aliphatic rings. The molecule has 0 aliphatic carbocycles. The van der Waals surface area contributed by atoms with Crippen LogP contribution in [0.4, 0.5) is 0 Å². The normalized spacial score (nSPS) is 18.8. The lowest BCUT2D eigenvalue weighted by Crippen LogP contribution is -2.40. The molecule has 1 aromatic carbocycles. The Hall–Kier alpha value is -1.86. The van der Waals surface area contributed by atoms with Crippen LogP contribution in [0.15, 0.2) is 41.8 Å². The molecule has 26 heavy (non-hydrogen) atoms. The molecule has 1 aliphatic heterocycles. The standard InChI is InChI=1S/C19H23NO4S2/c1-14(2)24-17-7-5-15(6-8-17)19(21)20(12-18-4-3-10-25-18)16-9-11-26(22,23)13-16/h3-8,10,14,16H,9,11-13H2,1-2H3. The summed E-state index contributed by atoms with van der Waals surface area (Å²) >= 11 is 1.57. The van der Waals surface area contributed by atoms with Crippen molar-refractivity contribution in [1.82, 2.24) is 4.90 Å². The molecule has 1 atom stereocenters. The molecule has 1 aromatic heterocycles. The highest BCUT2D eigenvalue weighted by atomic mass is 32.2. The van der Waals surface area contributed by atoms with Crippen molar-refractivity contribution >= 4 is 27.1 Å². The average Bonchev–Trinajstić information content (AvgIpc) is 3.21. The summed E-state index contributed by atoms with van der Waals surface area (Å²) in [5, 5.41) is 1.96. The van der Waals surface area contributed by atoms with E-state index >= 15 is 0 Å². The van der Waals surface area contributed by atoms with E-state index < -0.39 is 9.84 Å². The van der Waals surface area contributed by atoms with Crippen molar-refractivity contribution < 1.29 is 17.9 Å². The molecule has 0 N–H and O–H groups in total. The van der Waals surface area contributed by atoms with Gasteiger partial charge in [-0.05, 0) is 56.0 Å². The number of carbonyl (C=O) groups excluding carboxylic acids is 1. The Morgan fingerprint density at radius 3 is 2.54 bits per heavy atom. The van der Waals surface area contributed by atoms with Crippen molar-refractivity contribution in [3.05, 3.63) is 52.2 Å². The zero-order valence-corrected chi connectivity index (χ0v) is 16.6. The highest BCUT2D eigenvalue weighted by Gasteiger charge is 2.35. The van der Waals surface area contributed by atoms with Crippen LogP contribution in [0, 0.1) is 0 Å². The Bertz CT molecular complexity index is 842. The Balaban J connectivity index is 1.82. The van der Waals surface area contributed by atoms with E-state index in [-0.39, 0.29) is 29.6 Å². The maximum absolute atomic E-state index is 13.1. The zero-order chi connectivity index (χ0) is 18.7. The number of thiophene rings is 1. The first-order valence-electron chi connectivity index (χ1n) is 8.64. The minimum absolute atomic E-state index is 0.0403. The summed E-state index contributed by atoms with van der Waals surface area (Å²) in [5.74, 6) is 0.757. The van der Waals surface area contributed by atoms with Crippen molar-refractivity contribution in [1.29, 1.82) is 0 Å². The molecule has 0 saturated carbocycles. The van der Waals surface area contributed by atoms with Gasteiger partial charge < -0.3 is 9.64 Å². The number of nitrogens with zero attached hydrogens (tertiary/aromatic N) is 1. The van der Waals surface area contributed by atoms with E-state index in [4.69, 9.17) is 4.74 Å². The van der Waals surface area contributed by atoms with E-state index in [0.29, 0.717) is 24.3 Å². The van der Waals surface area contributed by atoms with Gasteiger partial charge in [0.05, 0.1) is 24.2 Å². The minimum Gasteiger partial charge on any atom is -0.491 e. The average molecular weight is 394 g/mol. The van der Waals surface area contributed by atoms with Crippen LogP contribution in [0.25, 0.3) is 0 Å². The molecule has 0 bridgehead atoms. The molecule has 1 amide bonds. The van der Waals surface area contributed by atoms with Crippen molar-refractivity contribution in [2.75, 3.05) is 11.5 Å². The monoisotopic (exact) mass is 393 g/mol. The second kappa shape index (κ2) is 7.80. The molecule has 3 rings (SSSR count). The lowest BCUT2D eigenvalue weighted by Gasteiger charge is -2.28. The van der Waals surface area contributed by atoms with Gasteiger partial charge in [0.15, 0.2) is 9.84 Å². The summed E-state index contributed by atoms with van der Waals surface area (Å²) in [5.41, 5.74) is 0.543. The summed E-state index contributed by atoms with van der Waals surface area (Å²) in [6.07, 6.45) is 0.559. The number of ether oxygens (including phenoxy) is 1. The zero-order valence-electron chi connectivity index (χ0n) is 14.9. The first kappa shape index (κ1) is 18.9. The van der Waals surface area contributed by atoms with Crippen molar-refractivity contribution in [2.24, 2.45) is 0 Å². The van der Waals surface area contributed by atoms with E-state index in [1.807, 2.05) is 31.4 Å². The fourth-order valence-electron chi connectivity index (χ4n) is 3.07. The Morgan fingerprint density at radius 1 is 1.27 bits per heavy atom. The molecule has 1 unspecified atom stereocenters. The van der Waals surface area contributed by atoms with Crippen LogP contribution in [-0.2, 0) is 16.4 Å². The molecule has 1 fully saturated rings. The van der Waals surface area contributed by atoms with Crippen molar-refractivity contribution in [3.63, 3.8) is 0 Å². The van der Waals surface area contributed by atoms with Crippen LogP contribution in [0.5, 0.6) is 5.75 Å². The maximum atomic E-state index is 13.1. The second-order valence-electron chi connectivity index (χ2n) is 6.76. The van der Waals surface area contributed by atoms with Gasteiger partial charge in [0.25, 0.3) is 5.91 Å². The lowest BCUT2D eigenvalue weighted by atomic mass is 10.1. The SMILES string of the molecule is CC(C)Oc1ccc(C(=O)N(Cc2cccs2)C2CCS(=O)(=O)C2)cc1. The van der Waals surface area contributed by atoms with Crippen LogP contribution in [0.3, 0.4) is 0 Å². The Kier molecular flexibility index (Phi) is 5.67. The van der Waals surface area contributed by atoms with Crippen LogP contribution in [-0.4, -0.2) is 42.9 Å². The molecule has 140 valence electrons. The van der Waals surface area contributed by atoms with E-state index in [2.05, 4.69) is 0 Å². The number of rotatable bonds is 6. The van der Waals surface area contributed by atoms with Gasteiger partial charge >= 0.3 is 0 Å². The Morgan fingerprint density at radius 2 is 2.00 bits per heavy atom. The van der Waals surface area contributed by atoms with Gasteiger partial charge in [0, 0.05) is 16.5 Å². The van der Waals surface area contributed by atoms with Gasteiger partial charge in [-0.15, -0.1) is 11.3 Å². The first-order chi connectivity index (χ1) is 12.3. The highest BCUT2D eigenvalue weighted by molar-refractivity contribution is 7.91. The molecule has 2 aromatic rings. The summed E-state index contributed by atoms with van der Waals surface area (Å²) in [6, 6.07) is 10.7. The smallest absolute Gasteiger partial charge is 0.254 e. The van der Waals surface area contributed by atoms with Crippen LogP contribution in [0.1, 0.15) is 35.5 Å². The largest absolute Gasteiger partial charge is 0.491 e. The van der Waals surface area contributed by atoms with E-state index in [1.165, 1.54) is 0 Å². The molecule has 5 nitrogen and oxygen atoms in total. The van der Waals surface area contributed by atoms with E-state index in [9.17, 15) is 13.2 Å². The summed E-state index contributed by atoms with van der Waals surface area (Å²) in [4.78, 5) is 15.8. The minimum atomic E-state index is -3.07. The first-order valence-corrected chi connectivity index (χ1v) is 11.3. The molecule has 0 spiro atoms. The van der Waals surface area contributed by atoms with Crippen LogP contribution >= 0.6 is 11.3 Å². The number of benzene rings is 1. The summed E-state index contributed by atoms with van der Waals surface area (Å²) in [7, 11) is -3.07.